The van der Waals surface area contributed by atoms with E-state index in [0.717, 1.165) is 19.7 Å². The number of aromatic nitrogens is 2. The van der Waals surface area contributed by atoms with Crippen molar-refractivity contribution in [2.45, 2.75) is 45.2 Å². The van der Waals surface area contributed by atoms with E-state index in [2.05, 4.69) is 32.6 Å². The number of ether oxygens (including phenoxy) is 1. The number of rotatable bonds is 5. The maximum atomic E-state index is 5.20. The second kappa shape index (κ2) is 7.77. The molecule has 0 bridgehead atoms. The summed E-state index contributed by atoms with van der Waals surface area (Å²) in [4.78, 5) is 9.66. The van der Waals surface area contributed by atoms with Crippen molar-refractivity contribution in [1.82, 2.24) is 19.4 Å². The molecule has 0 aliphatic carbocycles. The highest BCUT2D eigenvalue weighted by Gasteiger charge is 2.35. The van der Waals surface area contributed by atoms with E-state index in [9.17, 15) is 0 Å². The van der Waals surface area contributed by atoms with Gasteiger partial charge >= 0.3 is 0 Å². The molecule has 2 fully saturated rings. The minimum atomic E-state index is 0.618. The molecule has 2 aliphatic heterocycles. The summed E-state index contributed by atoms with van der Waals surface area (Å²) in [5.74, 6) is 1.18. The molecular weight excluding hydrogens is 288 g/mol. The summed E-state index contributed by atoms with van der Waals surface area (Å²) in [6.45, 7) is 7.63. The zero-order valence-electron chi connectivity index (χ0n) is 14.8. The maximum absolute atomic E-state index is 5.20. The van der Waals surface area contributed by atoms with E-state index in [1.165, 1.54) is 64.1 Å². The molecule has 2 saturated heterocycles. The van der Waals surface area contributed by atoms with Crippen LogP contribution in [-0.4, -0.2) is 66.3 Å². The molecule has 0 radical (unpaired) electrons. The predicted molar refractivity (Wildman–Crippen MR) is 92.4 cm³/mol. The van der Waals surface area contributed by atoms with E-state index in [0.29, 0.717) is 5.41 Å². The van der Waals surface area contributed by atoms with Crippen LogP contribution in [0.2, 0.25) is 0 Å². The predicted octanol–water partition coefficient (Wildman–Crippen LogP) is 2.23. The Morgan fingerprint density at radius 1 is 1.13 bits per heavy atom. The standard InChI is InChI=1S/C18H32N4O/c1-20-10-5-18(6-11-20)4-3-9-21(12-7-18)16-17-19-8-13-22(17)14-15-23-2/h8,13H,3-7,9-12,14-16H2,1-2H3. The van der Waals surface area contributed by atoms with E-state index in [1.54, 1.807) is 7.11 Å². The molecule has 0 saturated carbocycles. The molecule has 2 aliphatic rings. The van der Waals surface area contributed by atoms with Gasteiger partial charge in [-0.1, -0.05) is 0 Å². The zero-order chi connectivity index (χ0) is 16.1. The molecule has 1 aromatic heterocycles. The highest BCUT2D eigenvalue weighted by Crippen LogP contribution is 2.41. The highest BCUT2D eigenvalue weighted by molar-refractivity contribution is 4.94. The summed E-state index contributed by atoms with van der Waals surface area (Å²) in [6.07, 6.45) is 10.9. The van der Waals surface area contributed by atoms with Gasteiger partial charge in [-0.05, 0) is 70.7 Å². The van der Waals surface area contributed by atoms with Gasteiger partial charge in [-0.3, -0.25) is 4.90 Å². The average molecular weight is 320 g/mol. The van der Waals surface area contributed by atoms with Crippen LogP contribution in [-0.2, 0) is 17.8 Å². The Morgan fingerprint density at radius 2 is 1.91 bits per heavy atom. The average Bonchev–Trinajstić information content (AvgIpc) is 2.90. The summed E-state index contributed by atoms with van der Waals surface area (Å²) in [7, 11) is 4.02. The molecular formula is C18H32N4O. The van der Waals surface area contributed by atoms with Crippen LogP contribution in [0.4, 0.5) is 0 Å². The first kappa shape index (κ1) is 16.9. The molecule has 23 heavy (non-hydrogen) atoms. The Hall–Kier alpha value is -0.910. The van der Waals surface area contributed by atoms with Gasteiger partial charge < -0.3 is 14.2 Å². The smallest absolute Gasteiger partial charge is 0.122 e. The Morgan fingerprint density at radius 3 is 2.70 bits per heavy atom. The Balaban J connectivity index is 1.55. The van der Waals surface area contributed by atoms with Crippen molar-refractivity contribution >= 4 is 0 Å². The first-order chi connectivity index (χ1) is 11.2. The molecule has 1 spiro atoms. The van der Waals surface area contributed by atoms with Gasteiger partial charge in [-0.15, -0.1) is 0 Å². The summed E-state index contributed by atoms with van der Waals surface area (Å²) >= 11 is 0. The molecule has 3 heterocycles. The van der Waals surface area contributed by atoms with E-state index in [-0.39, 0.29) is 0 Å². The lowest BCUT2D eigenvalue weighted by Gasteiger charge is -2.40. The third-order valence-electron chi connectivity index (χ3n) is 5.89. The molecule has 0 atom stereocenters. The maximum Gasteiger partial charge on any atom is 0.122 e. The van der Waals surface area contributed by atoms with Gasteiger partial charge in [-0.2, -0.15) is 0 Å². The van der Waals surface area contributed by atoms with Crippen molar-refractivity contribution < 1.29 is 4.74 Å². The molecule has 5 heteroatoms. The Kier molecular flexibility index (Phi) is 5.72. The summed E-state index contributed by atoms with van der Waals surface area (Å²) in [5, 5.41) is 0. The second-order valence-electron chi connectivity index (χ2n) is 7.46. The fourth-order valence-electron chi connectivity index (χ4n) is 4.15. The number of hydrogen-bond acceptors (Lipinski definition) is 4. The molecule has 1 aromatic rings. The van der Waals surface area contributed by atoms with Gasteiger partial charge in [-0.25, -0.2) is 4.98 Å². The van der Waals surface area contributed by atoms with Crippen LogP contribution in [0.5, 0.6) is 0 Å². The van der Waals surface area contributed by atoms with Crippen molar-refractivity contribution in [3.8, 4) is 0 Å². The van der Waals surface area contributed by atoms with Crippen LogP contribution < -0.4 is 0 Å². The van der Waals surface area contributed by atoms with Gasteiger partial charge in [0.15, 0.2) is 0 Å². The zero-order valence-corrected chi connectivity index (χ0v) is 14.8. The lowest BCUT2D eigenvalue weighted by molar-refractivity contribution is 0.104. The first-order valence-electron chi connectivity index (χ1n) is 9.11. The van der Waals surface area contributed by atoms with Crippen LogP contribution in [0, 0.1) is 5.41 Å². The normalized spacial score (nSPS) is 23.2. The van der Waals surface area contributed by atoms with Crippen molar-refractivity contribution in [2.75, 3.05) is 46.9 Å². The number of imidazole rings is 1. The Bertz CT molecular complexity index is 479. The number of nitrogens with zero attached hydrogens (tertiary/aromatic N) is 4. The number of likely N-dealkylation sites (tertiary alicyclic amines) is 2. The lowest BCUT2D eigenvalue weighted by Crippen LogP contribution is -2.38. The van der Waals surface area contributed by atoms with E-state index >= 15 is 0 Å². The fraction of sp³-hybridized carbons (Fsp3) is 0.833. The SMILES string of the molecule is COCCn1ccnc1CN1CCCC2(CCN(C)CC2)CC1. The third kappa shape index (κ3) is 4.34. The van der Waals surface area contributed by atoms with Gasteiger partial charge in [0.1, 0.15) is 5.82 Å². The summed E-state index contributed by atoms with van der Waals surface area (Å²) < 4.78 is 7.43. The van der Waals surface area contributed by atoms with Gasteiger partial charge in [0, 0.05) is 26.0 Å². The minimum Gasteiger partial charge on any atom is -0.383 e. The van der Waals surface area contributed by atoms with Gasteiger partial charge in [0.2, 0.25) is 0 Å². The molecule has 0 N–H and O–H groups in total. The third-order valence-corrected chi connectivity index (χ3v) is 5.89. The van der Waals surface area contributed by atoms with E-state index in [4.69, 9.17) is 4.74 Å². The highest BCUT2D eigenvalue weighted by atomic mass is 16.5. The van der Waals surface area contributed by atoms with Crippen molar-refractivity contribution in [3.63, 3.8) is 0 Å². The number of hydrogen-bond donors (Lipinski definition) is 0. The summed E-state index contributed by atoms with van der Waals surface area (Å²) in [6, 6.07) is 0. The Labute approximate surface area is 140 Å². The van der Waals surface area contributed by atoms with Crippen molar-refractivity contribution in [3.05, 3.63) is 18.2 Å². The molecule has 130 valence electrons. The molecule has 0 amide bonds. The number of methoxy groups -OCH3 is 1. The topological polar surface area (TPSA) is 33.5 Å². The largest absolute Gasteiger partial charge is 0.383 e. The van der Waals surface area contributed by atoms with E-state index in [1.807, 2.05) is 6.20 Å². The quantitative estimate of drug-likeness (QED) is 0.833. The van der Waals surface area contributed by atoms with E-state index < -0.39 is 0 Å². The molecule has 0 unspecified atom stereocenters. The van der Waals surface area contributed by atoms with Crippen LogP contribution in [0.15, 0.2) is 12.4 Å². The van der Waals surface area contributed by atoms with Crippen LogP contribution >= 0.6 is 0 Å². The minimum absolute atomic E-state index is 0.618. The monoisotopic (exact) mass is 320 g/mol. The second-order valence-corrected chi connectivity index (χ2v) is 7.46. The van der Waals surface area contributed by atoms with Crippen molar-refractivity contribution in [2.24, 2.45) is 5.41 Å². The van der Waals surface area contributed by atoms with Crippen molar-refractivity contribution in [1.29, 1.82) is 0 Å². The fourth-order valence-corrected chi connectivity index (χ4v) is 4.15. The van der Waals surface area contributed by atoms with Crippen LogP contribution in [0.3, 0.4) is 0 Å². The van der Waals surface area contributed by atoms with Gasteiger partial charge in [0.25, 0.3) is 0 Å². The molecule has 3 rings (SSSR count). The molecule has 5 nitrogen and oxygen atoms in total. The first-order valence-corrected chi connectivity index (χ1v) is 9.11. The van der Waals surface area contributed by atoms with Crippen LogP contribution in [0.25, 0.3) is 0 Å². The summed E-state index contributed by atoms with van der Waals surface area (Å²) in [5.41, 5.74) is 0.618. The number of piperidine rings is 1. The van der Waals surface area contributed by atoms with Gasteiger partial charge in [0.05, 0.1) is 13.2 Å². The lowest BCUT2D eigenvalue weighted by atomic mass is 9.73. The molecule has 0 aromatic carbocycles. The van der Waals surface area contributed by atoms with Crippen LogP contribution in [0.1, 0.15) is 37.9 Å².